The maximum Gasteiger partial charge on any atom is 0.0631 e. The van der Waals surface area contributed by atoms with Gasteiger partial charge in [-0.2, -0.15) is 0 Å². The Morgan fingerprint density at radius 1 is 0.735 bits per heavy atom. The lowest BCUT2D eigenvalue weighted by molar-refractivity contribution is 0.409. The van der Waals surface area contributed by atoms with E-state index in [0.717, 1.165) is 36.6 Å². The molecule has 0 unspecified atom stereocenters. The van der Waals surface area contributed by atoms with E-state index in [1.54, 1.807) is 0 Å². The first kappa shape index (κ1) is 32.5. The number of para-hydroxylation sites is 1. The van der Waals surface area contributed by atoms with Crippen LogP contribution in [0.4, 0.5) is 0 Å². The lowest BCUT2D eigenvalue weighted by atomic mass is 9.87. The van der Waals surface area contributed by atoms with Crippen LogP contribution in [0.15, 0.2) is 115 Å². The molecule has 7 aromatic rings. The molecule has 2 heterocycles. The Kier molecular flexibility index (Phi) is 8.28. The monoisotopic (exact) mass is 640 g/mol. The predicted octanol–water partition coefficient (Wildman–Crippen LogP) is 13.5. The van der Waals surface area contributed by atoms with Gasteiger partial charge in [0.25, 0.3) is 0 Å². The summed E-state index contributed by atoms with van der Waals surface area (Å²) >= 11 is 0. The van der Waals surface area contributed by atoms with E-state index < -0.39 is 0 Å². The first-order chi connectivity index (χ1) is 23.4. The van der Waals surface area contributed by atoms with Crippen LogP contribution in [0.3, 0.4) is 0 Å². The highest BCUT2D eigenvalue weighted by Crippen LogP contribution is 2.40. The second-order valence-electron chi connectivity index (χ2n) is 16.0. The summed E-state index contributed by atoms with van der Waals surface area (Å²) in [5.74, 6) is 0. The molecule has 0 fully saturated rings. The highest BCUT2D eigenvalue weighted by molar-refractivity contribution is 6.12. The summed E-state index contributed by atoms with van der Waals surface area (Å²) in [5, 5.41) is 4.88. The Morgan fingerprint density at radius 3 is 2.18 bits per heavy atom. The molecule has 0 aliphatic carbocycles. The van der Waals surface area contributed by atoms with Crippen LogP contribution in [-0.2, 0) is 5.41 Å². The van der Waals surface area contributed by atoms with Gasteiger partial charge < -0.3 is 9.13 Å². The normalized spacial score (nSPS) is 13.0. The number of unbranched alkanes of at least 4 members (excludes halogenated alkanes) is 1. The third-order valence-corrected chi connectivity index (χ3v) is 9.88. The summed E-state index contributed by atoms with van der Waals surface area (Å²) in [6.45, 7) is 20.2. The smallest absolute Gasteiger partial charge is 0.0631 e. The standard InChI is InChI=1S/C47H48N2/c1-9-10-11-21-41(32(2)31-46(3,4)5)49-43-23-15-13-20-38(43)40-29-34(25-27-45(40)49)33-24-26-44-39(28-33)37-19-12-14-22-42(37)48(44)36-18-16-17-35(30-36)47(6,7)8/h9,13-18,20,22-30H,1,10-11,21,31H2,2-8H3/b41-32+. The van der Waals surface area contributed by atoms with Gasteiger partial charge in [0.05, 0.1) is 27.5 Å². The molecule has 0 N–H and O–H groups in total. The average molecular weight is 641 g/mol. The van der Waals surface area contributed by atoms with Crippen LogP contribution < -0.4 is 0 Å². The molecule has 2 nitrogen and oxygen atoms in total. The maximum absolute atomic E-state index is 4.00. The zero-order valence-electron chi connectivity index (χ0n) is 30.2. The molecule has 0 atom stereocenters. The third-order valence-electron chi connectivity index (χ3n) is 9.88. The number of rotatable bonds is 8. The van der Waals surface area contributed by atoms with Gasteiger partial charge in [-0.25, -0.2) is 0 Å². The van der Waals surface area contributed by atoms with E-state index in [0.29, 0.717) is 0 Å². The van der Waals surface area contributed by atoms with Crippen molar-refractivity contribution in [3.8, 4) is 16.8 Å². The third kappa shape index (κ3) is 6.08. The van der Waals surface area contributed by atoms with Gasteiger partial charge >= 0.3 is 0 Å². The van der Waals surface area contributed by atoms with Crippen molar-refractivity contribution in [1.82, 2.24) is 9.13 Å². The van der Waals surface area contributed by atoms with E-state index in [1.807, 2.05) is 12.1 Å². The van der Waals surface area contributed by atoms with Crippen molar-refractivity contribution >= 4 is 49.3 Å². The topological polar surface area (TPSA) is 9.86 Å². The minimum Gasteiger partial charge on any atom is -0.313 e. The molecule has 0 saturated heterocycles. The summed E-state index contributed by atoms with van der Waals surface area (Å²) in [4.78, 5) is 0. The molecule has 0 saturated carbocycles. The van der Waals surface area contributed by atoms with Crippen molar-refractivity contribution < 1.29 is 0 Å². The van der Waals surface area contributed by atoms with E-state index in [4.69, 9.17) is 0 Å². The van der Waals surface area contributed by atoms with E-state index in [-0.39, 0.29) is 10.8 Å². The largest absolute Gasteiger partial charge is 0.313 e. The summed E-state index contributed by atoms with van der Waals surface area (Å²) in [6.07, 6.45) is 6.24. The quantitative estimate of drug-likeness (QED) is 0.116. The fourth-order valence-electron chi connectivity index (χ4n) is 7.67. The molecular weight excluding hydrogens is 593 g/mol. The van der Waals surface area contributed by atoms with Crippen LogP contribution in [0, 0.1) is 17.5 Å². The fraction of sp³-hybridized carbons (Fsp3) is 0.277. The van der Waals surface area contributed by atoms with E-state index in [1.165, 1.54) is 66.4 Å². The molecule has 7 rings (SSSR count). The second-order valence-corrected chi connectivity index (χ2v) is 16.0. The molecule has 2 aromatic heterocycles. The molecule has 5 aromatic carbocycles. The lowest BCUT2D eigenvalue weighted by Crippen LogP contribution is -2.11. The zero-order chi connectivity index (χ0) is 34.5. The van der Waals surface area contributed by atoms with Gasteiger partial charge in [0.1, 0.15) is 0 Å². The van der Waals surface area contributed by atoms with Crippen molar-refractivity contribution in [3.05, 3.63) is 133 Å². The van der Waals surface area contributed by atoms with Crippen molar-refractivity contribution in [3.63, 3.8) is 0 Å². The van der Waals surface area contributed by atoms with Crippen molar-refractivity contribution in [2.45, 2.75) is 79.6 Å². The van der Waals surface area contributed by atoms with E-state index in [9.17, 15) is 0 Å². The van der Waals surface area contributed by atoms with Crippen molar-refractivity contribution in [2.75, 3.05) is 0 Å². The summed E-state index contributed by atoms with van der Waals surface area (Å²) in [5.41, 5.74) is 13.0. The molecule has 0 amide bonds. The van der Waals surface area contributed by atoms with Crippen LogP contribution in [0.2, 0.25) is 0 Å². The molecule has 0 spiro atoms. The number of fused-ring (bicyclic) bond motifs is 6. The minimum absolute atomic E-state index is 0.0665. The molecule has 0 aliphatic heterocycles. The molecule has 0 radical (unpaired) electrons. The van der Waals surface area contributed by atoms with E-state index in [2.05, 4.69) is 167 Å². The first-order valence-corrected chi connectivity index (χ1v) is 17.8. The second kappa shape index (κ2) is 12.5. The van der Waals surface area contributed by atoms with Gasteiger partial charge in [-0.15, -0.1) is 6.58 Å². The van der Waals surface area contributed by atoms with Crippen LogP contribution in [-0.4, -0.2) is 9.13 Å². The first-order valence-electron chi connectivity index (χ1n) is 17.8. The van der Waals surface area contributed by atoms with Gasteiger partial charge in [0.15, 0.2) is 0 Å². The lowest BCUT2D eigenvalue weighted by Gasteiger charge is -2.23. The summed E-state index contributed by atoms with van der Waals surface area (Å²) in [7, 11) is 0. The molecule has 0 aliphatic rings. The van der Waals surface area contributed by atoms with Crippen LogP contribution in [0.1, 0.15) is 79.7 Å². The average Bonchev–Trinajstić information content (AvgIpc) is 3.58. The Labute approximate surface area is 292 Å². The number of nitrogens with zero attached hydrogens (tertiary/aromatic N) is 2. The summed E-state index contributed by atoms with van der Waals surface area (Å²) in [6, 6.07) is 42.7. The van der Waals surface area contributed by atoms with Gasteiger partial charge in [-0.3, -0.25) is 0 Å². The Bertz CT molecular complexity index is 2380. The Hall–Kier alpha value is -5.00. The van der Waals surface area contributed by atoms with Crippen LogP contribution in [0.5, 0.6) is 0 Å². The predicted molar refractivity (Wildman–Crippen MR) is 213 cm³/mol. The Balaban J connectivity index is 1.40. The number of benzene rings is 4. The minimum atomic E-state index is 0.0665. The molecular formula is C47H48N2. The Morgan fingerprint density at radius 2 is 1.45 bits per heavy atom. The van der Waals surface area contributed by atoms with Crippen molar-refractivity contribution in [2.24, 2.45) is 5.41 Å². The number of hydrogen-bond donors (Lipinski definition) is 0. The highest BCUT2D eigenvalue weighted by Gasteiger charge is 2.21. The molecule has 49 heavy (non-hydrogen) atoms. The van der Waals surface area contributed by atoms with Gasteiger partial charge in [-0.1, -0.05) is 108 Å². The SMILES string of the molecule is C=CCCC/C(=C(/C)CC(C)(C)C)n1c2ccccc2c2cc(-c3ccc4c(c3)c3c#cccc3n4-c3cccc(C(C)(C)C)c3)ccc21. The van der Waals surface area contributed by atoms with Gasteiger partial charge in [0.2, 0.25) is 0 Å². The fourth-order valence-corrected chi connectivity index (χ4v) is 7.67. The zero-order valence-corrected chi connectivity index (χ0v) is 30.2. The van der Waals surface area contributed by atoms with Gasteiger partial charge in [-0.05, 0) is 115 Å². The van der Waals surface area contributed by atoms with Gasteiger partial charge in [0, 0.05) is 27.5 Å². The number of allylic oxidation sites excluding steroid dienone is 3. The maximum atomic E-state index is 4.00. The highest BCUT2D eigenvalue weighted by atomic mass is 15.0. The number of hydrogen-bond acceptors (Lipinski definition) is 0. The molecule has 0 bridgehead atoms. The summed E-state index contributed by atoms with van der Waals surface area (Å²) < 4.78 is 4.93. The number of aromatic nitrogens is 2. The molecule has 2 heteroatoms. The molecule has 246 valence electrons. The van der Waals surface area contributed by atoms with Crippen LogP contribution >= 0.6 is 0 Å². The van der Waals surface area contributed by atoms with Crippen molar-refractivity contribution in [1.29, 1.82) is 0 Å². The van der Waals surface area contributed by atoms with E-state index >= 15 is 0 Å². The van der Waals surface area contributed by atoms with Crippen LogP contribution in [0.25, 0.3) is 66.1 Å².